The Morgan fingerprint density at radius 1 is 0.885 bits per heavy atom. The maximum Gasteiger partial charge on any atom is 0.410 e. The second-order valence-electron chi connectivity index (χ2n) is 6.83. The van der Waals surface area contributed by atoms with Crippen molar-refractivity contribution in [2.45, 2.75) is 32.8 Å². The molecule has 1 aliphatic heterocycles. The first kappa shape index (κ1) is 20.4. The molecule has 2 aromatic carbocycles. The SMILES string of the molecule is CC(C)(C)OC(=O)N1CCC1.Clc1ccc(Oc2ccc(Cl)cc2)cc1. The van der Waals surface area contributed by atoms with Gasteiger partial charge in [0.2, 0.25) is 0 Å². The lowest BCUT2D eigenvalue weighted by molar-refractivity contribution is 0.0131. The molecule has 140 valence electrons. The van der Waals surface area contributed by atoms with E-state index in [2.05, 4.69) is 0 Å². The standard InChI is InChI=1S/C12H8Cl2O.C8H15NO2/c13-9-1-5-11(6-2-9)15-12-7-3-10(14)4-8-12;1-8(2,3)11-7(10)9-5-4-6-9/h1-8H;4-6H2,1-3H3. The fourth-order valence-corrected chi connectivity index (χ4v) is 2.22. The van der Waals surface area contributed by atoms with E-state index in [-0.39, 0.29) is 11.7 Å². The van der Waals surface area contributed by atoms with Crippen LogP contribution in [0, 0.1) is 0 Å². The van der Waals surface area contributed by atoms with Crippen LogP contribution < -0.4 is 4.74 Å². The molecule has 0 aliphatic carbocycles. The van der Waals surface area contributed by atoms with Crippen LogP contribution in [0.4, 0.5) is 4.79 Å². The molecule has 0 unspecified atom stereocenters. The average Bonchev–Trinajstić information content (AvgIpc) is 2.49. The summed E-state index contributed by atoms with van der Waals surface area (Å²) >= 11 is 11.5. The molecule has 0 saturated carbocycles. The summed E-state index contributed by atoms with van der Waals surface area (Å²) in [5, 5.41) is 1.39. The molecule has 4 nitrogen and oxygen atoms in total. The zero-order valence-corrected chi connectivity index (χ0v) is 16.7. The molecule has 1 aliphatic rings. The highest BCUT2D eigenvalue weighted by Gasteiger charge is 2.25. The topological polar surface area (TPSA) is 38.8 Å². The Bertz CT molecular complexity index is 662. The molecule has 1 fully saturated rings. The molecule has 0 atom stereocenters. The Hall–Kier alpha value is -1.91. The number of hydrogen-bond donors (Lipinski definition) is 0. The highest BCUT2D eigenvalue weighted by molar-refractivity contribution is 6.30. The van der Waals surface area contributed by atoms with Crippen LogP contribution in [0.3, 0.4) is 0 Å². The van der Waals surface area contributed by atoms with Crippen molar-refractivity contribution in [3.05, 3.63) is 58.6 Å². The summed E-state index contributed by atoms with van der Waals surface area (Å²) in [4.78, 5) is 12.9. The first-order valence-corrected chi connectivity index (χ1v) is 9.15. The van der Waals surface area contributed by atoms with E-state index >= 15 is 0 Å². The highest BCUT2D eigenvalue weighted by atomic mass is 35.5. The fraction of sp³-hybridized carbons (Fsp3) is 0.350. The molecule has 1 heterocycles. The Morgan fingerprint density at radius 2 is 1.31 bits per heavy atom. The third-order valence-corrected chi connectivity index (χ3v) is 3.87. The monoisotopic (exact) mass is 395 g/mol. The van der Waals surface area contributed by atoms with Gasteiger partial charge in [0.15, 0.2) is 0 Å². The van der Waals surface area contributed by atoms with Crippen LogP contribution in [0.25, 0.3) is 0 Å². The van der Waals surface area contributed by atoms with Crippen molar-refractivity contribution >= 4 is 29.3 Å². The van der Waals surface area contributed by atoms with Gasteiger partial charge in [0.1, 0.15) is 17.1 Å². The van der Waals surface area contributed by atoms with E-state index in [1.54, 1.807) is 29.2 Å². The molecule has 1 amide bonds. The van der Waals surface area contributed by atoms with Gasteiger partial charge in [-0.3, -0.25) is 0 Å². The molecule has 0 N–H and O–H groups in total. The predicted octanol–water partition coefficient (Wildman–Crippen LogP) is 6.41. The van der Waals surface area contributed by atoms with Crippen molar-refractivity contribution in [2.24, 2.45) is 0 Å². The van der Waals surface area contributed by atoms with Crippen LogP contribution >= 0.6 is 23.2 Å². The number of rotatable bonds is 2. The van der Waals surface area contributed by atoms with Crippen LogP contribution in [0.5, 0.6) is 11.5 Å². The van der Waals surface area contributed by atoms with E-state index in [0.29, 0.717) is 10.0 Å². The molecule has 2 aromatic rings. The zero-order chi connectivity index (χ0) is 19.2. The Balaban J connectivity index is 0.000000197. The second kappa shape index (κ2) is 9.15. The molecule has 0 spiro atoms. The van der Waals surface area contributed by atoms with Crippen LogP contribution in [-0.4, -0.2) is 29.7 Å². The predicted molar refractivity (Wildman–Crippen MR) is 105 cm³/mol. The minimum Gasteiger partial charge on any atom is -0.457 e. The maximum absolute atomic E-state index is 11.1. The number of nitrogens with zero attached hydrogens (tertiary/aromatic N) is 1. The number of likely N-dealkylation sites (tertiary alicyclic amines) is 1. The molecule has 3 rings (SSSR count). The number of hydrogen-bond acceptors (Lipinski definition) is 3. The number of carbonyl (C=O) groups is 1. The third-order valence-electron chi connectivity index (χ3n) is 3.37. The van der Waals surface area contributed by atoms with Crippen LogP contribution in [0.1, 0.15) is 27.2 Å². The molecule has 0 bridgehead atoms. The molecule has 1 saturated heterocycles. The van der Waals surface area contributed by atoms with E-state index in [1.807, 2.05) is 45.0 Å². The number of amides is 1. The van der Waals surface area contributed by atoms with Crippen molar-refractivity contribution in [3.63, 3.8) is 0 Å². The molecule has 0 aromatic heterocycles. The molecular formula is C20H23Cl2NO3. The van der Waals surface area contributed by atoms with Gasteiger partial charge in [-0.1, -0.05) is 23.2 Å². The number of carbonyl (C=O) groups excluding carboxylic acids is 1. The average molecular weight is 396 g/mol. The number of ether oxygens (including phenoxy) is 2. The largest absolute Gasteiger partial charge is 0.457 e. The Kier molecular flexibility index (Phi) is 7.18. The third kappa shape index (κ3) is 7.14. The van der Waals surface area contributed by atoms with Gasteiger partial charge in [-0.25, -0.2) is 4.79 Å². The van der Waals surface area contributed by atoms with Crippen molar-refractivity contribution in [3.8, 4) is 11.5 Å². The van der Waals surface area contributed by atoms with Crippen LogP contribution in [-0.2, 0) is 4.74 Å². The van der Waals surface area contributed by atoms with Gasteiger partial charge in [0.25, 0.3) is 0 Å². The second-order valence-corrected chi connectivity index (χ2v) is 7.70. The van der Waals surface area contributed by atoms with Crippen LogP contribution in [0.15, 0.2) is 48.5 Å². The van der Waals surface area contributed by atoms with Gasteiger partial charge in [0.05, 0.1) is 0 Å². The first-order chi connectivity index (χ1) is 12.2. The molecule has 0 radical (unpaired) electrons. The summed E-state index contributed by atoms with van der Waals surface area (Å²) in [6.07, 6.45) is 0.933. The summed E-state index contributed by atoms with van der Waals surface area (Å²) in [7, 11) is 0. The molecule has 26 heavy (non-hydrogen) atoms. The van der Waals surface area contributed by atoms with Crippen molar-refractivity contribution < 1.29 is 14.3 Å². The lowest BCUT2D eigenvalue weighted by Gasteiger charge is -2.32. The van der Waals surface area contributed by atoms with Gasteiger partial charge < -0.3 is 14.4 Å². The Morgan fingerprint density at radius 3 is 1.62 bits per heavy atom. The van der Waals surface area contributed by atoms with E-state index in [0.717, 1.165) is 31.0 Å². The minimum absolute atomic E-state index is 0.177. The summed E-state index contributed by atoms with van der Waals surface area (Å²) < 4.78 is 10.7. The van der Waals surface area contributed by atoms with Gasteiger partial charge in [-0.15, -0.1) is 0 Å². The van der Waals surface area contributed by atoms with Crippen molar-refractivity contribution in [1.82, 2.24) is 4.90 Å². The van der Waals surface area contributed by atoms with E-state index in [1.165, 1.54) is 0 Å². The minimum atomic E-state index is -0.354. The first-order valence-electron chi connectivity index (χ1n) is 8.40. The summed E-state index contributed by atoms with van der Waals surface area (Å²) in [5.41, 5.74) is -0.354. The van der Waals surface area contributed by atoms with Gasteiger partial charge >= 0.3 is 6.09 Å². The summed E-state index contributed by atoms with van der Waals surface area (Å²) in [5.74, 6) is 1.50. The fourth-order valence-electron chi connectivity index (χ4n) is 1.97. The zero-order valence-electron chi connectivity index (χ0n) is 15.2. The van der Waals surface area contributed by atoms with E-state index in [4.69, 9.17) is 32.7 Å². The van der Waals surface area contributed by atoms with Crippen LogP contribution in [0.2, 0.25) is 10.0 Å². The number of halogens is 2. The van der Waals surface area contributed by atoms with Crippen molar-refractivity contribution in [2.75, 3.05) is 13.1 Å². The Labute approximate surface area is 164 Å². The smallest absolute Gasteiger partial charge is 0.410 e. The lowest BCUT2D eigenvalue weighted by Crippen LogP contribution is -2.44. The highest BCUT2D eigenvalue weighted by Crippen LogP contribution is 2.24. The normalized spacial score (nSPS) is 13.2. The lowest BCUT2D eigenvalue weighted by atomic mass is 10.2. The van der Waals surface area contributed by atoms with Gasteiger partial charge in [-0.05, 0) is 75.7 Å². The quantitative estimate of drug-likeness (QED) is 0.589. The number of benzene rings is 2. The summed E-state index contributed by atoms with van der Waals surface area (Å²) in [6.45, 7) is 7.35. The van der Waals surface area contributed by atoms with Crippen molar-refractivity contribution in [1.29, 1.82) is 0 Å². The van der Waals surface area contributed by atoms with E-state index in [9.17, 15) is 4.79 Å². The molecular weight excluding hydrogens is 373 g/mol. The van der Waals surface area contributed by atoms with Gasteiger partial charge in [-0.2, -0.15) is 0 Å². The molecule has 6 heteroatoms. The summed E-state index contributed by atoms with van der Waals surface area (Å²) in [6, 6.07) is 14.4. The van der Waals surface area contributed by atoms with E-state index < -0.39 is 0 Å². The maximum atomic E-state index is 11.1. The van der Waals surface area contributed by atoms with Gasteiger partial charge in [0, 0.05) is 23.1 Å².